The van der Waals surface area contributed by atoms with Gasteiger partial charge in [0.25, 0.3) is 0 Å². The van der Waals surface area contributed by atoms with Gasteiger partial charge in [0.2, 0.25) is 0 Å². The van der Waals surface area contributed by atoms with Crippen molar-refractivity contribution in [2.75, 3.05) is 19.0 Å². The highest BCUT2D eigenvalue weighted by molar-refractivity contribution is 5.74. The monoisotopic (exact) mass is 287 g/mol. The molecule has 0 amide bonds. The molecule has 1 N–H and O–H groups in total. The molecule has 6 heteroatoms. The average Bonchev–Trinajstić information content (AvgIpc) is 2.53. The Balaban J connectivity index is 1.77. The van der Waals surface area contributed by atoms with Crippen molar-refractivity contribution in [2.24, 2.45) is 0 Å². The number of carbonyl (C=O) groups is 1. The number of nitrogens with one attached hydrogen (secondary N) is 1. The summed E-state index contributed by atoms with van der Waals surface area (Å²) in [6.07, 6.45) is 1.42. The molecule has 0 spiro atoms. The van der Waals surface area contributed by atoms with Gasteiger partial charge in [-0.1, -0.05) is 30.3 Å². The lowest BCUT2D eigenvalue weighted by molar-refractivity contribution is -0.142. The Morgan fingerprint density at radius 3 is 2.76 bits per heavy atom. The molecule has 0 radical (unpaired) electrons. The van der Waals surface area contributed by atoms with Gasteiger partial charge in [0.05, 0.1) is 12.3 Å². The van der Waals surface area contributed by atoms with Crippen LogP contribution >= 0.6 is 0 Å². The molecule has 0 atom stereocenters. The van der Waals surface area contributed by atoms with Gasteiger partial charge in [-0.2, -0.15) is 0 Å². The van der Waals surface area contributed by atoms with Crippen LogP contribution in [0.4, 0.5) is 5.82 Å². The molecule has 2 rings (SSSR count). The second kappa shape index (κ2) is 7.96. The molecule has 1 heterocycles. The molecule has 6 nitrogen and oxygen atoms in total. The Hall–Kier alpha value is -2.47. The zero-order valence-electron chi connectivity index (χ0n) is 11.8. The molecule has 0 saturated carbocycles. The third kappa shape index (κ3) is 5.19. The highest BCUT2D eigenvalue weighted by Gasteiger charge is 2.05. The number of ether oxygens (including phenoxy) is 2. The van der Waals surface area contributed by atoms with Gasteiger partial charge in [-0.15, -0.1) is 0 Å². The van der Waals surface area contributed by atoms with Crippen LogP contribution in [0.25, 0.3) is 0 Å². The Morgan fingerprint density at radius 2 is 2.00 bits per heavy atom. The van der Waals surface area contributed by atoms with Crippen LogP contribution in [0.3, 0.4) is 0 Å². The van der Waals surface area contributed by atoms with Crippen molar-refractivity contribution < 1.29 is 14.3 Å². The van der Waals surface area contributed by atoms with E-state index >= 15 is 0 Å². The average molecular weight is 287 g/mol. The summed E-state index contributed by atoms with van der Waals surface area (Å²) in [6, 6.07) is 11.3. The SMILES string of the molecule is COCc1cc(NCC(=O)OCc2ccccc2)ncn1. The summed E-state index contributed by atoms with van der Waals surface area (Å²) in [5.74, 6) is 0.222. The normalized spacial score (nSPS) is 10.1. The van der Waals surface area contributed by atoms with E-state index < -0.39 is 0 Å². The Bertz CT molecular complexity index is 575. The third-order valence-corrected chi connectivity index (χ3v) is 2.67. The van der Waals surface area contributed by atoms with Crippen molar-refractivity contribution in [3.8, 4) is 0 Å². The lowest BCUT2D eigenvalue weighted by Gasteiger charge is -2.07. The summed E-state index contributed by atoms with van der Waals surface area (Å²) >= 11 is 0. The van der Waals surface area contributed by atoms with E-state index in [-0.39, 0.29) is 19.1 Å². The number of aromatic nitrogens is 2. The van der Waals surface area contributed by atoms with E-state index in [1.807, 2.05) is 30.3 Å². The van der Waals surface area contributed by atoms with Crippen LogP contribution in [-0.4, -0.2) is 29.6 Å². The van der Waals surface area contributed by atoms with Crippen LogP contribution in [0.5, 0.6) is 0 Å². The molecule has 2 aromatic rings. The van der Waals surface area contributed by atoms with Crippen LogP contribution in [-0.2, 0) is 27.5 Å². The fourth-order valence-electron chi connectivity index (χ4n) is 1.67. The first-order chi connectivity index (χ1) is 10.3. The van der Waals surface area contributed by atoms with Gasteiger partial charge in [0, 0.05) is 13.2 Å². The molecule has 0 unspecified atom stereocenters. The summed E-state index contributed by atoms with van der Waals surface area (Å²) in [4.78, 5) is 19.7. The first kappa shape index (κ1) is 14.9. The smallest absolute Gasteiger partial charge is 0.325 e. The number of carbonyl (C=O) groups excluding carboxylic acids is 1. The van der Waals surface area contributed by atoms with Crippen molar-refractivity contribution in [1.82, 2.24) is 9.97 Å². The van der Waals surface area contributed by atoms with E-state index in [1.165, 1.54) is 6.33 Å². The summed E-state index contributed by atoms with van der Waals surface area (Å²) in [6.45, 7) is 0.714. The van der Waals surface area contributed by atoms with Gasteiger partial charge in [0.15, 0.2) is 0 Å². The van der Waals surface area contributed by atoms with Crippen molar-refractivity contribution in [3.05, 3.63) is 54.0 Å². The predicted octanol–water partition coefficient (Wildman–Crippen LogP) is 1.78. The van der Waals surface area contributed by atoms with Crippen LogP contribution < -0.4 is 5.32 Å². The minimum atomic E-state index is -0.342. The minimum Gasteiger partial charge on any atom is -0.460 e. The van der Waals surface area contributed by atoms with Gasteiger partial charge < -0.3 is 14.8 Å². The second-order valence-electron chi connectivity index (χ2n) is 4.33. The highest BCUT2D eigenvalue weighted by atomic mass is 16.5. The highest BCUT2D eigenvalue weighted by Crippen LogP contribution is 2.05. The second-order valence-corrected chi connectivity index (χ2v) is 4.33. The Labute approximate surface area is 123 Å². The minimum absolute atomic E-state index is 0.0519. The fourth-order valence-corrected chi connectivity index (χ4v) is 1.67. The number of methoxy groups -OCH3 is 1. The molecular weight excluding hydrogens is 270 g/mol. The molecule has 0 fully saturated rings. The molecule has 1 aromatic carbocycles. The number of hydrogen-bond acceptors (Lipinski definition) is 6. The van der Waals surface area contributed by atoms with Gasteiger partial charge in [-0.3, -0.25) is 4.79 Å². The van der Waals surface area contributed by atoms with E-state index in [2.05, 4.69) is 15.3 Å². The Kier molecular flexibility index (Phi) is 5.66. The summed E-state index contributed by atoms with van der Waals surface area (Å²) in [5, 5.41) is 2.90. The summed E-state index contributed by atoms with van der Waals surface area (Å²) in [5.41, 5.74) is 1.70. The van der Waals surface area contributed by atoms with Gasteiger partial charge in [-0.05, 0) is 5.56 Å². The van der Waals surface area contributed by atoms with Gasteiger partial charge >= 0.3 is 5.97 Å². The van der Waals surface area contributed by atoms with E-state index in [4.69, 9.17) is 9.47 Å². The van der Waals surface area contributed by atoms with E-state index in [0.29, 0.717) is 12.4 Å². The topological polar surface area (TPSA) is 73.3 Å². The number of rotatable bonds is 7. The molecule has 110 valence electrons. The lowest BCUT2D eigenvalue weighted by Crippen LogP contribution is -2.17. The summed E-state index contributed by atoms with van der Waals surface area (Å²) in [7, 11) is 1.59. The maximum atomic E-state index is 11.6. The number of nitrogens with zero attached hydrogens (tertiary/aromatic N) is 2. The number of hydrogen-bond donors (Lipinski definition) is 1. The third-order valence-electron chi connectivity index (χ3n) is 2.67. The van der Waals surface area contributed by atoms with Crippen molar-refractivity contribution in [2.45, 2.75) is 13.2 Å². The van der Waals surface area contributed by atoms with Gasteiger partial charge in [-0.25, -0.2) is 9.97 Å². The van der Waals surface area contributed by atoms with Crippen molar-refractivity contribution in [3.63, 3.8) is 0 Å². The van der Waals surface area contributed by atoms with Crippen molar-refractivity contribution in [1.29, 1.82) is 0 Å². The Morgan fingerprint density at radius 1 is 1.19 bits per heavy atom. The standard InChI is InChI=1S/C15H17N3O3/c1-20-10-13-7-14(18-11-17-13)16-8-15(19)21-9-12-5-3-2-4-6-12/h2-7,11H,8-10H2,1H3,(H,16,17,18). The maximum absolute atomic E-state index is 11.6. The van der Waals surface area contributed by atoms with Crippen LogP contribution in [0.15, 0.2) is 42.7 Å². The largest absolute Gasteiger partial charge is 0.460 e. The van der Waals surface area contributed by atoms with E-state index in [9.17, 15) is 4.79 Å². The first-order valence-corrected chi connectivity index (χ1v) is 6.51. The maximum Gasteiger partial charge on any atom is 0.325 e. The number of anilines is 1. The number of benzene rings is 1. The molecule has 0 bridgehead atoms. The molecule has 0 saturated heterocycles. The van der Waals surface area contributed by atoms with Crippen LogP contribution in [0.2, 0.25) is 0 Å². The van der Waals surface area contributed by atoms with Crippen molar-refractivity contribution >= 4 is 11.8 Å². The molecule has 21 heavy (non-hydrogen) atoms. The quantitative estimate of drug-likeness (QED) is 0.782. The van der Waals surface area contributed by atoms with E-state index in [0.717, 1.165) is 11.3 Å². The van der Waals surface area contributed by atoms with Crippen LogP contribution in [0.1, 0.15) is 11.3 Å². The zero-order chi connectivity index (χ0) is 14.9. The molecule has 0 aliphatic heterocycles. The molecule has 0 aliphatic rings. The van der Waals surface area contributed by atoms with Crippen LogP contribution in [0, 0.1) is 0 Å². The lowest BCUT2D eigenvalue weighted by atomic mass is 10.2. The fraction of sp³-hybridized carbons (Fsp3) is 0.267. The number of esters is 1. The predicted molar refractivity (Wildman–Crippen MR) is 77.5 cm³/mol. The molecule has 1 aromatic heterocycles. The molecular formula is C15H17N3O3. The molecule has 0 aliphatic carbocycles. The van der Waals surface area contributed by atoms with Gasteiger partial charge in [0.1, 0.15) is 25.3 Å². The first-order valence-electron chi connectivity index (χ1n) is 6.51. The van der Waals surface area contributed by atoms with E-state index in [1.54, 1.807) is 13.2 Å². The summed E-state index contributed by atoms with van der Waals surface area (Å²) < 4.78 is 10.1. The zero-order valence-corrected chi connectivity index (χ0v) is 11.8.